The van der Waals surface area contributed by atoms with Crippen molar-refractivity contribution in [3.8, 4) is 5.75 Å². The first-order valence-corrected chi connectivity index (χ1v) is 8.71. The van der Waals surface area contributed by atoms with Gasteiger partial charge in [-0.1, -0.05) is 41.4 Å². The van der Waals surface area contributed by atoms with Crippen LogP contribution in [0.15, 0.2) is 67.0 Å². The van der Waals surface area contributed by atoms with E-state index in [1.165, 1.54) is 11.1 Å². The van der Waals surface area contributed by atoms with Crippen molar-refractivity contribution in [3.05, 3.63) is 93.7 Å². The second-order valence-electron chi connectivity index (χ2n) is 5.64. The Hall–Kier alpha value is -2.07. The third kappa shape index (κ3) is 5.46. The van der Waals surface area contributed by atoms with Crippen molar-refractivity contribution in [1.29, 1.82) is 0 Å². The number of hydrogen-bond donors (Lipinski definition) is 1. The number of ether oxygens (including phenoxy) is 1. The van der Waals surface area contributed by atoms with Gasteiger partial charge in [-0.15, -0.1) is 0 Å². The van der Waals surface area contributed by atoms with Crippen LogP contribution in [0, 0.1) is 0 Å². The van der Waals surface area contributed by atoms with Gasteiger partial charge in [-0.2, -0.15) is 0 Å². The highest BCUT2D eigenvalue weighted by atomic mass is 35.5. The molecule has 0 bridgehead atoms. The van der Waals surface area contributed by atoms with E-state index < -0.39 is 0 Å². The molecule has 5 heteroatoms. The lowest BCUT2D eigenvalue weighted by Crippen LogP contribution is -2.12. The molecule has 0 aliphatic heterocycles. The third-order valence-corrected chi connectivity index (χ3v) is 4.46. The minimum atomic E-state index is 0.455. The zero-order valence-corrected chi connectivity index (χ0v) is 15.1. The summed E-state index contributed by atoms with van der Waals surface area (Å²) in [5.41, 5.74) is 3.41. The molecule has 128 valence electrons. The van der Waals surface area contributed by atoms with Crippen LogP contribution in [0.4, 0.5) is 0 Å². The molecule has 1 N–H and O–H groups in total. The number of benzene rings is 2. The van der Waals surface area contributed by atoms with Crippen molar-refractivity contribution in [2.45, 2.75) is 19.7 Å². The predicted molar refractivity (Wildman–Crippen MR) is 102 cm³/mol. The Kier molecular flexibility index (Phi) is 6.29. The second kappa shape index (κ2) is 8.86. The van der Waals surface area contributed by atoms with Gasteiger partial charge in [-0.05, 0) is 53.1 Å². The molecule has 0 saturated heterocycles. The van der Waals surface area contributed by atoms with E-state index in [4.69, 9.17) is 27.9 Å². The monoisotopic (exact) mass is 372 g/mol. The molecule has 0 saturated carbocycles. The van der Waals surface area contributed by atoms with Crippen molar-refractivity contribution >= 4 is 23.2 Å². The van der Waals surface area contributed by atoms with Crippen LogP contribution < -0.4 is 10.1 Å². The van der Waals surface area contributed by atoms with Crippen LogP contribution in [0.3, 0.4) is 0 Å². The number of halogens is 2. The maximum absolute atomic E-state index is 6.01. The van der Waals surface area contributed by atoms with Crippen LogP contribution in [0.25, 0.3) is 0 Å². The smallest absolute Gasteiger partial charge is 0.119 e. The van der Waals surface area contributed by atoms with Crippen molar-refractivity contribution in [3.63, 3.8) is 0 Å². The Morgan fingerprint density at radius 1 is 0.760 bits per heavy atom. The highest BCUT2D eigenvalue weighted by molar-refractivity contribution is 6.42. The van der Waals surface area contributed by atoms with Crippen LogP contribution in [0.1, 0.15) is 16.7 Å². The van der Waals surface area contributed by atoms with Crippen LogP contribution >= 0.6 is 23.2 Å². The molecule has 0 aliphatic carbocycles. The molecular weight excluding hydrogens is 355 g/mol. The molecule has 0 unspecified atom stereocenters. The van der Waals surface area contributed by atoms with Crippen LogP contribution in [-0.2, 0) is 19.7 Å². The largest absolute Gasteiger partial charge is 0.489 e. The highest BCUT2D eigenvalue weighted by Crippen LogP contribution is 2.23. The first-order chi connectivity index (χ1) is 12.2. The van der Waals surface area contributed by atoms with Crippen LogP contribution in [0.2, 0.25) is 10.0 Å². The van der Waals surface area contributed by atoms with E-state index >= 15 is 0 Å². The molecular formula is C20H18Cl2N2O. The average molecular weight is 373 g/mol. The number of nitrogens with one attached hydrogen (secondary N) is 1. The van der Waals surface area contributed by atoms with Crippen molar-refractivity contribution in [1.82, 2.24) is 10.3 Å². The number of rotatable bonds is 7. The van der Waals surface area contributed by atoms with Gasteiger partial charge in [0.1, 0.15) is 12.4 Å². The summed E-state index contributed by atoms with van der Waals surface area (Å²) in [4.78, 5) is 4.01. The van der Waals surface area contributed by atoms with E-state index in [0.29, 0.717) is 16.7 Å². The summed E-state index contributed by atoms with van der Waals surface area (Å²) < 4.78 is 5.79. The predicted octanol–water partition coefficient (Wildman–Crippen LogP) is 5.26. The minimum Gasteiger partial charge on any atom is -0.489 e. The molecule has 2 aromatic carbocycles. The number of aromatic nitrogens is 1. The Morgan fingerprint density at radius 2 is 1.40 bits per heavy atom. The van der Waals surface area contributed by atoms with Gasteiger partial charge in [0.05, 0.1) is 10.0 Å². The van der Waals surface area contributed by atoms with Gasteiger partial charge in [0.25, 0.3) is 0 Å². The molecule has 0 aliphatic rings. The van der Waals surface area contributed by atoms with Crippen molar-refractivity contribution < 1.29 is 4.74 Å². The number of hydrogen-bond acceptors (Lipinski definition) is 3. The van der Waals surface area contributed by atoms with Crippen LogP contribution in [0.5, 0.6) is 5.75 Å². The van der Waals surface area contributed by atoms with Gasteiger partial charge in [0.2, 0.25) is 0 Å². The van der Waals surface area contributed by atoms with E-state index in [-0.39, 0.29) is 0 Å². The fourth-order valence-corrected chi connectivity index (χ4v) is 2.67. The van der Waals surface area contributed by atoms with Gasteiger partial charge in [0.15, 0.2) is 0 Å². The van der Waals surface area contributed by atoms with E-state index in [9.17, 15) is 0 Å². The summed E-state index contributed by atoms with van der Waals surface area (Å²) >= 11 is 11.9. The molecule has 0 radical (unpaired) electrons. The maximum atomic E-state index is 6.01. The minimum absolute atomic E-state index is 0.455. The standard InChI is InChI=1S/C20H18Cl2N2O/c21-19-6-3-17(11-20(19)22)14-25-18-4-1-15(2-5-18)12-24-13-16-7-9-23-10-8-16/h1-11,24H,12-14H2. The first-order valence-electron chi connectivity index (χ1n) is 7.96. The summed E-state index contributed by atoms with van der Waals surface area (Å²) in [6.45, 7) is 2.07. The Bertz CT molecular complexity index is 808. The SMILES string of the molecule is Clc1ccc(COc2ccc(CNCc3ccncc3)cc2)cc1Cl. The maximum Gasteiger partial charge on any atom is 0.119 e. The van der Waals surface area contributed by atoms with E-state index in [2.05, 4.69) is 22.4 Å². The fourth-order valence-electron chi connectivity index (χ4n) is 2.35. The molecule has 1 heterocycles. The zero-order chi connectivity index (χ0) is 17.5. The number of nitrogens with zero attached hydrogens (tertiary/aromatic N) is 1. The zero-order valence-electron chi connectivity index (χ0n) is 13.6. The van der Waals surface area contributed by atoms with Gasteiger partial charge in [-0.25, -0.2) is 0 Å². The van der Waals surface area contributed by atoms with Crippen LogP contribution in [-0.4, -0.2) is 4.98 Å². The average Bonchev–Trinajstić information content (AvgIpc) is 2.65. The lowest BCUT2D eigenvalue weighted by atomic mass is 10.2. The van der Waals surface area contributed by atoms with E-state index in [0.717, 1.165) is 24.4 Å². The number of pyridine rings is 1. The summed E-state index contributed by atoms with van der Waals surface area (Å²) in [5.74, 6) is 0.823. The topological polar surface area (TPSA) is 34.1 Å². The second-order valence-corrected chi connectivity index (χ2v) is 6.45. The molecule has 0 atom stereocenters. The highest BCUT2D eigenvalue weighted by Gasteiger charge is 2.01. The van der Waals surface area contributed by atoms with E-state index in [1.807, 2.05) is 36.4 Å². The molecule has 3 aromatic rings. The van der Waals surface area contributed by atoms with Gasteiger partial charge < -0.3 is 10.1 Å². The molecule has 0 fully saturated rings. The van der Waals surface area contributed by atoms with Crippen molar-refractivity contribution in [2.24, 2.45) is 0 Å². The molecule has 3 rings (SSSR count). The normalized spacial score (nSPS) is 10.6. The molecule has 1 aromatic heterocycles. The molecule has 0 amide bonds. The fraction of sp³-hybridized carbons (Fsp3) is 0.150. The Labute approximate surface area is 157 Å². The summed E-state index contributed by atoms with van der Waals surface area (Å²) in [6.07, 6.45) is 3.61. The molecule has 0 spiro atoms. The van der Waals surface area contributed by atoms with Gasteiger partial charge in [0, 0.05) is 25.5 Å². The van der Waals surface area contributed by atoms with E-state index in [1.54, 1.807) is 18.5 Å². The molecule has 25 heavy (non-hydrogen) atoms. The van der Waals surface area contributed by atoms with Gasteiger partial charge >= 0.3 is 0 Å². The third-order valence-electron chi connectivity index (χ3n) is 3.72. The summed E-state index contributed by atoms with van der Waals surface area (Å²) in [7, 11) is 0. The lowest BCUT2D eigenvalue weighted by molar-refractivity contribution is 0.306. The summed E-state index contributed by atoms with van der Waals surface area (Å²) in [6, 6.07) is 17.6. The lowest BCUT2D eigenvalue weighted by Gasteiger charge is -2.09. The van der Waals surface area contributed by atoms with Gasteiger partial charge in [-0.3, -0.25) is 4.98 Å². The Balaban J connectivity index is 1.47. The summed E-state index contributed by atoms with van der Waals surface area (Å²) in [5, 5.41) is 4.50. The first kappa shape index (κ1) is 17.7. The molecule has 3 nitrogen and oxygen atoms in total. The quantitative estimate of drug-likeness (QED) is 0.614. The van der Waals surface area contributed by atoms with Crippen molar-refractivity contribution in [2.75, 3.05) is 0 Å². The Morgan fingerprint density at radius 3 is 2.08 bits per heavy atom.